The molecular formula is C24H13Cl4FN2O3S. The van der Waals surface area contributed by atoms with Gasteiger partial charge in [-0.05, 0) is 65.8 Å². The van der Waals surface area contributed by atoms with Gasteiger partial charge in [0.25, 0.3) is 11.8 Å². The summed E-state index contributed by atoms with van der Waals surface area (Å²) in [5, 5.41) is 3.26. The van der Waals surface area contributed by atoms with Crippen LogP contribution in [0.2, 0.25) is 20.1 Å². The van der Waals surface area contributed by atoms with Crippen molar-refractivity contribution in [2.24, 2.45) is 0 Å². The topological polar surface area (TPSA) is 58.6 Å². The molecule has 0 radical (unpaired) electrons. The van der Waals surface area contributed by atoms with E-state index in [1.54, 1.807) is 24.3 Å². The highest BCUT2D eigenvalue weighted by atomic mass is 35.5. The van der Waals surface area contributed by atoms with Crippen LogP contribution in [0.25, 0.3) is 6.08 Å². The van der Waals surface area contributed by atoms with Crippen molar-refractivity contribution in [2.45, 2.75) is 6.61 Å². The minimum absolute atomic E-state index is 0.0875. The number of amides is 2. The molecule has 3 aromatic carbocycles. The van der Waals surface area contributed by atoms with Gasteiger partial charge in [0.2, 0.25) is 0 Å². The summed E-state index contributed by atoms with van der Waals surface area (Å²) in [6.45, 7) is 0.118. The highest BCUT2D eigenvalue weighted by molar-refractivity contribution is 7.80. The molecule has 0 saturated carbocycles. The number of rotatable bonds is 5. The second-order valence-electron chi connectivity index (χ2n) is 7.26. The van der Waals surface area contributed by atoms with E-state index in [-0.39, 0.29) is 38.8 Å². The van der Waals surface area contributed by atoms with Crippen LogP contribution in [0.1, 0.15) is 11.1 Å². The van der Waals surface area contributed by atoms with E-state index >= 15 is 0 Å². The molecule has 178 valence electrons. The van der Waals surface area contributed by atoms with Gasteiger partial charge in [-0.3, -0.25) is 14.9 Å². The molecule has 3 aromatic rings. The number of carbonyl (C=O) groups excluding carboxylic acids is 2. The molecule has 35 heavy (non-hydrogen) atoms. The maximum absolute atomic E-state index is 14.3. The standard InChI is InChI=1S/C24H13Cl4FN2O3S/c25-15-6-5-12(8-16(15)26)11-34-21-17(27)9-13(10-18(21)28)7-14-22(32)30-24(35)31(23(14)33)20-4-2-1-3-19(20)29/h1-10H,11H2,(H,30,32,35)/b14-7+. The van der Waals surface area contributed by atoms with Crippen molar-refractivity contribution in [3.05, 3.63) is 97.2 Å². The molecule has 0 aromatic heterocycles. The highest BCUT2D eigenvalue weighted by Crippen LogP contribution is 2.36. The van der Waals surface area contributed by atoms with Crippen molar-refractivity contribution in [1.29, 1.82) is 0 Å². The van der Waals surface area contributed by atoms with E-state index in [1.165, 1.54) is 36.4 Å². The van der Waals surface area contributed by atoms with Crippen LogP contribution in [-0.2, 0) is 16.2 Å². The lowest BCUT2D eigenvalue weighted by atomic mass is 10.1. The maximum atomic E-state index is 14.3. The molecule has 4 rings (SSSR count). The van der Waals surface area contributed by atoms with Crippen molar-refractivity contribution in [1.82, 2.24) is 5.32 Å². The number of hydrogen-bond donors (Lipinski definition) is 1. The van der Waals surface area contributed by atoms with Crippen LogP contribution >= 0.6 is 58.6 Å². The van der Waals surface area contributed by atoms with Crippen molar-refractivity contribution in [3.63, 3.8) is 0 Å². The lowest BCUT2D eigenvalue weighted by Crippen LogP contribution is -2.54. The summed E-state index contributed by atoms with van der Waals surface area (Å²) in [4.78, 5) is 26.5. The van der Waals surface area contributed by atoms with E-state index < -0.39 is 17.6 Å². The number of anilines is 1. The van der Waals surface area contributed by atoms with Crippen LogP contribution in [0.5, 0.6) is 5.75 Å². The Morgan fingerprint density at radius 1 is 0.943 bits per heavy atom. The quantitative estimate of drug-likeness (QED) is 0.207. The van der Waals surface area contributed by atoms with Gasteiger partial charge in [0.1, 0.15) is 18.0 Å². The Bertz CT molecular complexity index is 1390. The van der Waals surface area contributed by atoms with Gasteiger partial charge in [0, 0.05) is 0 Å². The van der Waals surface area contributed by atoms with Crippen molar-refractivity contribution < 1.29 is 18.7 Å². The number of hydrogen-bond acceptors (Lipinski definition) is 4. The number of thiocarbonyl (C=S) groups is 1. The minimum Gasteiger partial charge on any atom is -0.486 e. The molecule has 0 bridgehead atoms. The third-order valence-electron chi connectivity index (χ3n) is 4.89. The second kappa shape index (κ2) is 10.5. The fourth-order valence-electron chi connectivity index (χ4n) is 3.26. The first-order valence-corrected chi connectivity index (χ1v) is 11.8. The fraction of sp³-hybridized carbons (Fsp3) is 0.0417. The van der Waals surface area contributed by atoms with E-state index in [2.05, 4.69) is 5.32 Å². The van der Waals surface area contributed by atoms with Crippen LogP contribution in [0.4, 0.5) is 10.1 Å². The Morgan fingerprint density at radius 2 is 1.63 bits per heavy atom. The van der Waals surface area contributed by atoms with Crippen molar-refractivity contribution >= 4 is 87.3 Å². The van der Waals surface area contributed by atoms with Crippen molar-refractivity contribution in [3.8, 4) is 5.75 Å². The zero-order valence-corrected chi connectivity index (χ0v) is 21.3. The Morgan fingerprint density at radius 3 is 2.29 bits per heavy atom. The van der Waals surface area contributed by atoms with Gasteiger partial charge in [-0.25, -0.2) is 9.29 Å². The minimum atomic E-state index is -0.795. The third-order valence-corrected chi connectivity index (χ3v) is 6.48. The van der Waals surface area contributed by atoms with Gasteiger partial charge in [0.05, 0.1) is 25.8 Å². The predicted octanol–water partition coefficient (Wildman–Crippen LogP) is 6.85. The van der Waals surface area contributed by atoms with E-state index in [0.717, 1.165) is 10.5 Å². The lowest BCUT2D eigenvalue weighted by Gasteiger charge is -2.29. The number of nitrogens with one attached hydrogen (secondary N) is 1. The molecule has 5 nitrogen and oxygen atoms in total. The zero-order valence-electron chi connectivity index (χ0n) is 17.5. The molecule has 1 N–H and O–H groups in total. The molecular weight excluding hydrogens is 557 g/mol. The molecule has 0 spiro atoms. The largest absolute Gasteiger partial charge is 0.486 e. The zero-order chi connectivity index (χ0) is 25.3. The normalized spacial score (nSPS) is 14.9. The van der Waals surface area contributed by atoms with E-state index in [4.69, 9.17) is 63.4 Å². The summed E-state index contributed by atoms with van der Waals surface area (Å²) in [6, 6.07) is 13.6. The summed E-state index contributed by atoms with van der Waals surface area (Å²) in [7, 11) is 0. The number of benzene rings is 3. The van der Waals surface area contributed by atoms with Gasteiger partial charge < -0.3 is 4.74 Å². The van der Waals surface area contributed by atoms with Gasteiger partial charge >= 0.3 is 0 Å². The Kier molecular flexibility index (Phi) is 7.64. The maximum Gasteiger partial charge on any atom is 0.270 e. The molecule has 0 aliphatic carbocycles. The molecule has 0 atom stereocenters. The number of carbonyl (C=O) groups is 2. The summed E-state index contributed by atoms with van der Waals surface area (Å²) >= 11 is 29.8. The van der Waals surface area contributed by atoms with Crippen LogP contribution in [0.15, 0.2) is 60.2 Å². The summed E-state index contributed by atoms with van der Waals surface area (Å²) in [5.41, 5.74) is 0.724. The Labute approximate surface area is 225 Å². The first-order chi connectivity index (χ1) is 16.7. The molecule has 0 unspecified atom stereocenters. The van der Waals surface area contributed by atoms with E-state index in [9.17, 15) is 14.0 Å². The molecule has 1 heterocycles. The SMILES string of the molecule is O=C1NC(=S)N(c2ccccc2F)C(=O)/C1=C/c1cc(Cl)c(OCc2ccc(Cl)c(Cl)c2)c(Cl)c1. The molecule has 11 heteroatoms. The van der Waals surface area contributed by atoms with Crippen LogP contribution in [0, 0.1) is 5.82 Å². The van der Waals surface area contributed by atoms with Crippen LogP contribution in [-0.4, -0.2) is 16.9 Å². The van der Waals surface area contributed by atoms with E-state index in [1.807, 2.05) is 0 Å². The number of para-hydroxylation sites is 1. The summed E-state index contributed by atoms with van der Waals surface area (Å²) < 4.78 is 20.0. The summed E-state index contributed by atoms with van der Waals surface area (Å²) in [6.07, 6.45) is 1.29. The van der Waals surface area contributed by atoms with Crippen molar-refractivity contribution in [2.75, 3.05) is 4.90 Å². The average Bonchev–Trinajstić information content (AvgIpc) is 2.79. The average molecular weight is 570 g/mol. The fourth-order valence-corrected chi connectivity index (χ4v) is 4.47. The molecule has 2 amide bonds. The number of ether oxygens (including phenoxy) is 1. The number of nitrogens with zero attached hydrogens (tertiary/aromatic N) is 1. The van der Waals surface area contributed by atoms with Gasteiger partial charge in [0.15, 0.2) is 10.9 Å². The Balaban J connectivity index is 1.61. The molecule has 1 fully saturated rings. The monoisotopic (exact) mass is 568 g/mol. The van der Waals surface area contributed by atoms with Crippen LogP contribution in [0.3, 0.4) is 0 Å². The molecule has 1 aliphatic heterocycles. The predicted molar refractivity (Wildman–Crippen MR) is 140 cm³/mol. The second-order valence-corrected chi connectivity index (χ2v) is 9.28. The first-order valence-electron chi connectivity index (χ1n) is 9.87. The Hall–Kier alpha value is -2.68. The molecule has 1 aliphatic rings. The summed E-state index contributed by atoms with van der Waals surface area (Å²) in [5.74, 6) is -2.00. The third kappa shape index (κ3) is 5.44. The van der Waals surface area contributed by atoms with Gasteiger partial charge in [-0.15, -0.1) is 0 Å². The van der Waals surface area contributed by atoms with Gasteiger partial charge in [-0.2, -0.15) is 0 Å². The lowest BCUT2D eigenvalue weighted by molar-refractivity contribution is -0.122. The molecule has 1 saturated heterocycles. The van der Waals surface area contributed by atoms with Gasteiger partial charge in [-0.1, -0.05) is 64.6 Å². The highest BCUT2D eigenvalue weighted by Gasteiger charge is 2.35. The smallest absolute Gasteiger partial charge is 0.270 e. The van der Waals surface area contributed by atoms with Crippen LogP contribution < -0.4 is 15.0 Å². The van der Waals surface area contributed by atoms with E-state index in [0.29, 0.717) is 15.6 Å². The number of halogens is 5. The first kappa shape index (κ1) is 25.4.